The Morgan fingerprint density at radius 3 is 2.33 bits per heavy atom. The average Bonchev–Trinajstić information content (AvgIpc) is 2.16. The number of carbonyl (C=O) groups excluding carboxylic acids is 1. The molecule has 82 valence electrons. The monoisotopic (exact) mass is 209 g/mol. The van der Waals surface area contributed by atoms with Crippen molar-refractivity contribution in [3.8, 4) is 0 Å². The highest BCUT2D eigenvalue weighted by Gasteiger charge is 2.16. The van der Waals surface area contributed by atoms with Gasteiger partial charge >= 0.3 is 5.97 Å². The molecule has 0 aliphatic heterocycles. The van der Waals surface area contributed by atoms with E-state index in [0.29, 0.717) is 12.2 Å². The van der Waals surface area contributed by atoms with Crippen molar-refractivity contribution < 1.29 is 14.7 Å². The fourth-order valence-electron chi connectivity index (χ4n) is 1.12. The zero-order valence-corrected chi connectivity index (χ0v) is 8.77. The summed E-state index contributed by atoms with van der Waals surface area (Å²) < 4.78 is 0. The van der Waals surface area contributed by atoms with E-state index >= 15 is 0 Å². The van der Waals surface area contributed by atoms with Gasteiger partial charge in [0.25, 0.3) is 0 Å². The van der Waals surface area contributed by atoms with Crippen LogP contribution in [0.3, 0.4) is 0 Å². The highest BCUT2D eigenvalue weighted by atomic mass is 16.4. The summed E-state index contributed by atoms with van der Waals surface area (Å²) in [6.07, 6.45) is 4.10. The third-order valence-corrected chi connectivity index (χ3v) is 1.73. The van der Waals surface area contributed by atoms with E-state index in [1.165, 1.54) is 17.1 Å². The molecule has 0 aromatic rings. The SMILES string of the molecule is C=CC=C(C=C)N(CC)C(=O)CC(=O)O. The van der Waals surface area contributed by atoms with Crippen LogP contribution in [0.2, 0.25) is 0 Å². The van der Waals surface area contributed by atoms with Gasteiger partial charge in [-0.1, -0.05) is 19.2 Å². The zero-order chi connectivity index (χ0) is 11.8. The second-order valence-electron chi connectivity index (χ2n) is 2.74. The molecule has 0 aliphatic carbocycles. The molecule has 1 amide bonds. The number of carboxylic acid groups (broad SMARTS) is 1. The van der Waals surface area contributed by atoms with Gasteiger partial charge in [0.15, 0.2) is 0 Å². The van der Waals surface area contributed by atoms with Crippen molar-refractivity contribution in [3.63, 3.8) is 0 Å². The van der Waals surface area contributed by atoms with E-state index in [-0.39, 0.29) is 0 Å². The highest BCUT2D eigenvalue weighted by molar-refractivity contribution is 5.94. The molecule has 0 heterocycles. The summed E-state index contributed by atoms with van der Waals surface area (Å²) in [5.41, 5.74) is 0.554. The quantitative estimate of drug-likeness (QED) is 0.533. The molecule has 0 rings (SSSR count). The standard InChI is InChI=1S/C11H15NO3/c1-4-7-9(5-2)12(6-3)10(13)8-11(14)15/h4-5,7H,1-2,6,8H2,3H3,(H,14,15). The summed E-state index contributed by atoms with van der Waals surface area (Å²) in [6.45, 7) is 9.22. The van der Waals surface area contributed by atoms with Gasteiger partial charge in [-0.05, 0) is 19.1 Å². The molecule has 0 unspecified atom stereocenters. The van der Waals surface area contributed by atoms with Gasteiger partial charge in [0, 0.05) is 12.2 Å². The molecule has 1 N–H and O–H groups in total. The van der Waals surface area contributed by atoms with Crippen LogP contribution in [-0.2, 0) is 9.59 Å². The van der Waals surface area contributed by atoms with Gasteiger partial charge in [-0.3, -0.25) is 9.59 Å². The fraction of sp³-hybridized carbons (Fsp3) is 0.273. The second-order valence-corrected chi connectivity index (χ2v) is 2.74. The van der Waals surface area contributed by atoms with Crippen LogP contribution < -0.4 is 0 Å². The Kier molecular flexibility index (Phi) is 5.78. The Morgan fingerprint density at radius 1 is 1.40 bits per heavy atom. The average molecular weight is 209 g/mol. The lowest BCUT2D eigenvalue weighted by Gasteiger charge is -2.20. The zero-order valence-electron chi connectivity index (χ0n) is 8.77. The lowest BCUT2D eigenvalue weighted by molar-refractivity contribution is -0.143. The van der Waals surface area contributed by atoms with Crippen LogP contribution in [0.1, 0.15) is 13.3 Å². The lowest BCUT2D eigenvalue weighted by Crippen LogP contribution is -2.30. The van der Waals surface area contributed by atoms with E-state index in [9.17, 15) is 9.59 Å². The van der Waals surface area contributed by atoms with Crippen molar-refractivity contribution >= 4 is 11.9 Å². The van der Waals surface area contributed by atoms with Crippen LogP contribution >= 0.6 is 0 Å². The van der Waals surface area contributed by atoms with Crippen LogP contribution in [0.15, 0.2) is 37.1 Å². The lowest BCUT2D eigenvalue weighted by atomic mass is 10.3. The van der Waals surface area contributed by atoms with Gasteiger partial charge < -0.3 is 10.0 Å². The minimum Gasteiger partial charge on any atom is -0.481 e. The first-order valence-electron chi connectivity index (χ1n) is 4.54. The fourth-order valence-corrected chi connectivity index (χ4v) is 1.12. The maximum absolute atomic E-state index is 11.5. The molecule has 4 heteroatoms. The van der Waals surface area contributed by atoms with Crippen molar-refractivity contribution in [1.82, 2.24) is 4.90 Å². The van der Waals surface area contributed by atoms with Gasteiger partial charge in [-0.15, -0.1) is 0 Å². The Balaban J connectivity index is 4.80. The van der Waals surface area contributed by atoms with E-state index in [1.807, 2.05) is 0 Å². The number of amides is 1. The summed E-state index contributed by atoms with van der Waals surface area (Å²) in [5, 5.41) is 8.50. The Hall–Kier alpha value is -1.84. The Morgan fingerprint density at radius 2 is 2.00 bits per heavy atom. The Bertz CT molecular complexity index is 305. The van der Waals surface area contributed by atoms with Gasteiger partial charge in [0.2, 0.25) is 5.91 Å². The van der Waals surface area contributed by atoms with Crippen molar-refractivity contribution in [2.75, 3.05) is 6.54 Å². The normalized spacial score (nSPS) is 10.6. The van der Waals surface area contributed by atoms with Crippen LogP contribution in [0, 0.1) is 0 Å². The molecule has 0 aromatic heterocycles. The molecule has 4 nitrogen and oxygen atoms in total. The summed E-state index contributed by atoms with van der Waals surface area (Å²) >= 11 is 0. The third-order valence-electron chi connectivity index (χ3n) is 1.73. The van der Waals surface area contributed by atoms with Crippen molar-refractivity contribution in [2.24, 2.45) is 0 Å². The molecular weight excluding hydrogens is 194 g/mol. The van der Waals surface area contributed by atoms with Gasteiger partial charge in [0.05, 0.1) is 0 Å². The molecule has 0 spiro atoms. The number of hydrogen-bond acceptors (Lipinski definition) is 2. The maximum Gasteiger partial charge on any atom is 0.312 e. The number of aliphatic carboxylic acids is 1. The predicted octanol–water partition coefficient (Wildman–Crippen LogP) is 1.57. The van der Waals surface area contributed by atoms with Crippen LogP contribution in [0.4, 0.5) is 0 Å². The molecule has 0 fully saturated rings. The number of carboxylic acids is 1. The van der Waals surface area contributed by atoms with E-state index in [4.69, 9.17) is 5.11 Å². The predicted molar refractivity (Wildman–Crippen MR) is 58.1 cm³/mol. The van der Waals surface area contributed by atoms with E-state index < -0.39 is 18.3 Å². The van der Waals surface area contributed by atoms with Crippen molar-refractivity contribution in [1.29, 1.82) is 0 Å². The molecule has 0 saturated heterocycles. The number of nitrogens with zero attached hydrogens (tertiary/aromatic N) is 1. The van der Waals surface area contributed by atoms with Gasteiger partial charge in [-0.2, -0.15) is 0 Å². The van der Waals surface area contributed by atoms with E-state index in [2.05, 4.69) is 13.2 Å². The minimum absolute atomic E-state index is 0.401. The number of rotatable bonds is 6. The molecule has 0 saturated carbocycles. The number of hydrogen-bond donors (Lipinski definition) is 1. The molecule has 0 radical (unpaired) electrons. The summed E-state index contributed by atoms with van der Waals surface area (Å²) in [4.78, 5) is 23.2. The first-order chi connectivity index (χ1) is 7.06. The molecular formula is C11H15NO3. The first kappa shape index (κ1) is 13.2. The number of carbonyl (C=O) groups is 2. The topological polar surface area (TPSA) is 57.6 Å². The van der Waals surface area contributed by atoms with Gasteiger partial charge in [0.1, 0.15) is 6.42 Å². The molecule has 15 heavy (non-hydrogen) atoms. The van der Waals surface area contributed by atoms with Gasteiger partial charge in [-0.25, -0.2) is 0 Å². The third kappa shape index (κ3) is 4.26. The van der Waals surface area contributed by atoms with Crippen LogP contribution in [0.25, 0.3) is 0 Å². The summed E-state index contributed by atoms with van der Waals surface area (Å²) in [6, 6.07) is 0. The molecule has 0 bridgehead atoms. The van der Waals surface area contributed by atoms with Crippen LogP contribution in [0.5, 0.6) is 0 Å². The number of allylic oxidation sites excluding steroid dienone is 3. The minimum atomic E-state index is -1.14. The first-order valence-corrected chi connectivity index (χ1v) is 4.54. The maximum atomic E-state index is 11.5. The molecule has 0 atom stereocenters. The van der Waals surface area contributed by atoms with E-state index in [1.54, 1.807) is 13.0 Å². The number of likely N-dealkylation sites (N-methyl/N-ethyl adjacent to an activating group) is 1. The summed E-state index contributed by atoms with van der Waals surface area (Å²) in [7, 11) is 0. The largest absolute Gasteiger partial charge is 0.481 e. The highest BCUT2D eigenvalue weighted by Crippen LogP contribution is 2.07. The molecule has 0 aliphatic rings. The summed E-state index contributed by atoms with van der Waals surface area (Å²) in [5.74, 6) is -1.60. The van der Waals surface area contributed by atoms with E-state index in [0.717, 1.165) is 0 Å². The second kappa shape index (κ2) is 6.59. The Labute approximate surface area is 89.2 Å². The smallest absolute Gasteiger partial charge is 0.312 e. The van der Waals surface area contributed by atoms with Crippen LogP contribution in [-0.4, -0.2) is 28.4 Å². The van der Waals surface area contributed by atoms with Crippen molar-refractivity contribution in [2.45, 2.75) is 13.3 Å². The van der Waals surface area contributed by atoms with Crippen molar-refractivity contribution in [3.05, 3.63) is 37.1 Å². The molecule has 0 aromatic carbocycles.